The molecule has 8 heteroatoms. The van der Waals surface area contributed by atoms with Gasteiger partial charge in [-0.05, 0) is 48.5 Å². The van der Waals surface area contributed by atoms with E-state index in [1.54, 1.807) is 66.9 Å². The third-order valence-corrected chi connectivity index (χ3v) is 4.20. The predicted octanol–water partition coefficient (Wildman–Crippen LogP) is 3.05. The fraction of sp³-hybridized carbons (Fsp3) is 0.136. The van der Waals surface area contributed by atoms with Gasteiger partial charge in [0.25, 0.3) is 5.91 Å². The van der Waals surface area contributed by atoms with E-state index in [0.29, 0.717) is 28.3 Å². The minimum absolute atomic E-state index is 0.0404. The molecule has 2 amide bonds. The normalized spacial score (nSPS) is 10.2. The molecular weight excluding hydrogens is 386 g/mol. The van der Waals surface area contributed by atoms with E-state index < -0.39 is 5.97 Å². The van der Waals surface area contributed by atoms with Gasteiger partial charge in [-0.3, -0.25) is 9.59 Å². The van der Waals surface area contributed by atoms with Crippen molar-refractivity contribution in [2.75, 3.05) is 24.3 Å². The Bertz CT molecular complexity index is 1010. The standard InChI is InChI=1S/C22H21N3O5/c1-29-22(28)15-8-10-16(11-9-15)25-20(26)14-23-19-7-3-2-6-18(19)21(27)24-13-17-5-4-12-30-17/h2-12,23H,13-14H2,1H3,(H,24,27)(H,25,26). The Balaban J connectivity index is 1.55. The third kappa shape index (κ3) is 5.48. The minimum atomic E-state index is -0.448. The zero-order chi connectivity index (χ0) is 21.3. The van der Waals surface area contributed by atoms with Gasteiger partial charge in [-0.2, -0.15) is 0 Å². The van der Waals surface area contributed by atoms with E-state index in [0.717, 1.165) is 0 Å². The largest absolute Gasteiger partial charge is 0.467 e. The van der Waals surface area contributed by atoms with Crippen LogP contribution in [-0.4, -0.2) is 31.4 Å². The van der Waals surface area contributed by atoms with E-state index in [4.69, 9.17) is 4.42 Å². The van der Waals surface area contributed by atoms with E-state index in [2.05, 4.69) is 20.7 Å². The van der Waals surface area contributed by atoms with Gasteiger partial charge in [0, 0.05) is 11.4 Å². The lowest BCUT2D eigenvalue weighted by atomic mass is 10.1. The Morgan fingerprint density at radius 1 is 0.967 bits per heavy atom. The lowest BCUT2D eigenvalue weighted by Crippen LogP contribution is -2.26. The van der Waals surface area contributed by atoms with Crippen molar-refractivity contribution in [2.45, 2.75) is 6.54 Å². The van der Waals surface area contributed by atoms with Gasteiger partial charge in [-0.15, -0.1) is 0 Å². The molecule has 0 saturated heterocycles. The molecule has 30 heavy (non-hydrogen) atoms. The lowest BCUT2D eigenvalue weighted by molar-refractivity contribution is -0.114. The van der Waals surface area contributed by atoms with E-state index in [9.17, 15) is 14.4 Å². The zero-order valence-electron chi connectivity index (χ0n) is 16.3. The summed E-state index contributed by atoms with van der Waals surface area (Å²) in [6.07, 6.45) is 1.54. The molecule has 0 spiro atoms. The van der Waals surface area contributed by atoms with Crippen molar-refractivity contribution in [2.24, 2.45) is 0 Å². The van der Waals surface area contributed by atoms with Gasteiger partial charge in [0.2, 0.25) is 5.91 Å². The number of ether oxygens (including phenoxy) is 1. The second-order valence-electron chi connectivity index (χ2n) is 6.28. The maximum atomic E-state index is 12.5. The monoisotopic (exact) mass is 407 g/mol. The van der Waals surface area contributed by atoms with Crippen LogP contribution >= 0.6 is 0 Å². The molecule has 0 radical (unpaired) electrons. The van der Waals surface area contributed by atoms with E-state index in [1.165, 1.54) is 7.11 Å². The first-order chi connectivity index (χ1) is 14.6. The molecule has 0 aliphatic heterocycles. The van der Waals surface area contributed by atoms with Crippen LogP contribution in [0.2, 0.25) is 0 Å². The summed E-state index contributed by atoms with van der Waals surface area (Å²) in [5.41, 5.74) is 1.88. The van der Waals surface area contributed by atoms with Gasteiger partial charge in [0.05, 0.1) is 37.6 Å². The van der Waals surface area contributed by atoms with Crippen LogP contribution in [0, 0.1) is 0 Å². The number of carbonyl (C=O) groups excluding carboxylic acids is 3. The summed E-state index contributed by atoms with van der Waals surface area (Å²) < 4.78 is 9.84. The topological polar surface area (TPSA) is 110 Å². The number of amides is 2. The fourth-order valence-corrected chi connectivity index (χ4v) is 2.70. The Hall–Kier alpha value is -4.07. The average Bonchev–Trinajstić information content (AvgIpc) is 3.30. The zero-order valence-corrected chi connectivity index (χ0v) is 16.3. The predicted molar refractivity (Wildman–Crippen MR) is 111 cm³/mol. The Morgan fingerprint density at radius 2 is 1.73 bits per heavy atom. The van der Waals surface area contributed by atoms with Crippen LogP contribution in [0.5, 0.6) is 0 Å². The highest BCUT2D eigenvalue weighted by atomic mass is 16.5. The molecule has 154 valence electrons. The summed E-state index contributed by atoms with van der Waals surface area (Å²) in [5.74, 6) is -0.386. The summed E-state index contributed by atoms with van der Waals surface area (Å²) in [7, 11) is 1.30. The number of esters is 1. The van der Waals surface area contributed by atoms with Gasteiger partial charge in [-0.1, -0.05) is 12.1 Å². The Morgan fingerprint density at radius 3 is 2.43 bits per heavy atom. The molecule has 1 heterocycles. The Kier molecular flexibility index (Phi) is 6.83. The van der Waals surface area contributed by atoms with Gasteiger partial charge in [0.1, 0.15) is 5.76 Å². The molecule has 0 saturated carbocycles. The molecule has 0 fully saturated rings. The number of hydrogen-bond donors (Lipinski definition) is 3. The second kappa shape index (κ2) is 9.92. The molecule has 0 unspecified atom stereocenters. The summed E-state index contributed by atoms with van der Waals surface area (Å²) in [4.78, 5) is 36.2. The van der Waals surface area contributed by atoms with Crippen molar-refractivity contribution in [3.63, 3.8) is 0 Å². The van der Waals surface area contributed by atoms with Crippen molar-refractivity contribution >= 4 is 29.2 Å². The number of anilines is 2. The number of furan rings is 1. The van der Waals surface area contributed by atoms with Crippen LogP contribution in [0.15, 0.2) is 71.3 Å². The van der Waals surface area contributed by atoms with Crippen LogP contribution in [0.4, 0.5) is 11.4 Å². The van der Waals surface area contributed by atoms with Gasteiger partial charge in [-0.25, -0.2) is 4.79 Å². The molecule has 0 aliphatic carbocycles. The average molecular weight is 407 g/mol. The van der Waals surface area contributed by atoms with Gasteiger partial charge in [0.15, 0.2) is 0 Å². The number of nitrogens with one attached hydrogen (secondary N) is 3. The van der Waals surface area contributed by atoms with Gasteiger partial charge < -0.3 is 25.1 Å². The highest BCUT2D eigenvalue weighted by molar-refractivity contribution is 6.01. The highest BCUT2D eigenvalue weighted by Gasteiger charge is 2.12. The number of rotatable bonds is 8. The summed E-state index contributed by atoms with van der Waals surface area (Å²) in [6, 6.07) is 16.8. The molecule has 3 rings (SSSR count). The highest BCUT2D eigenvalue weighted by Crippen LogP contribution is 2.15. The minimum Gasteiger partial charge on any atom is -0.467 e. The smallest absolute Gasteiger partial charge is 0.337 e. The maximum absolute atomic E-state index is 12.5. The summed E-state index contributed by atoms with van der Waals surface area (Å²) in [5, 5.41) is 8.48. The lowest BCUT2D eigenvalue weighted by Gasteiger charge is -2.12. The van der Waals surface area contributed by atoms with Crippen LogP contribution < -0.4 is 16.0 Å². The second-order valence-corrected chi connectivity index (χ2v) is 6.28. The number of para-hydroxylation sites is 1. The first-order valence-electron chi connectivity index (χ1n) is 9.18. The number of benzene rings is 2. The van der Waals surface area contributed by atoms with Gasteiger partial charge >= 0.3 is 5.97 Å². The van der Waals surface area contributed by atoms with Crippen molar-refractivity contribution in [3.05, 3.63) is 83.8 Å². The van der Waals surface area contributed by atoms with Crippen molar-refractivity contribution in [1.29, 1.82) is 0 Å². The summed E-state index contributed by atoms with van der Waals surface area (Å²) >= 11 is 0. The van der Waals surface area contributed by atoms with E-state index in [1.807, 2.05) is 0 Å². The molecule has 0 atom stereocenters. The maximum Gasteiger partial charge on any atom is 0.337 e. The first kappa shape index (κ1) is 20.7. The SMILES string of the molecule is COC(=O)c1ccc(NC(=O)CNc2ccccc2C(=O)NCc2ccco2)cc1. The van der Waals surface area contributed by atoms with Crippen molar-refractivity contribution < 1.29 is 23.5 Å². The van der Waals surface area contributed by atoms with Crippen LogP contribution in [0.1, 0.15) is 26.5 Å². The number of carbonyl (C=O) groups is 3. The van der Waals surface area contributed by atoms with Crippen LogP contribution in [0.3, 0.4) is 0 Å². The molecule has 8 nitrogen and oxygen atoms in total. The van der Waals surface area contributed by atoms with E-state index in [-0.39, 0.29) is 24.9 Å². The molecule has 0 aliphatic rings. The van der Waals surface area contributed by atoms with Crippen molar-refractivity contribution in [1.82, 2.24) is 5.32 Å². The third-order valence-electron chi connectivity index (χ3n) is 4.20. The molecule has 1 aromatic heterocycles. The molecular formula is C22H21N3O5. The molecule has 3 N–H and O–H groups in total. The van der Waals surface area contributed by atoms with Crippen molar-refractivity contribution in [3.8, 4) is 0 Å². The first-order valence-corrected chi connectivity index (χ1v) is 9.18. The fourth-order valence-electron chi connectivity index (χ4n) is 2.70. The quantitative estimate of drug-likeness (QED) is 0.495. The molecule has 3 aromatic rings. The van der Waals surface area contributed by atoms with E-state index >= 15 is 0 Å². The molecule has 2 aromatic carbocycles. The van der Waals surface area contributed by atoms with Crippen LogP contribution in [-0.2, 0) is 16.1 Å². The Labute approximate surface area is 173 Å². The number of methoxy groups -OCH3 is 1. The summed E-state index contributed by atoms with van der Waals surface area (Å²) in [6.45, 7) is 0.226. The molecule has 0 bridgehead atoms. The van der Waals surface area contributed by atoms with Crippen LogP contribution in [0.25, 0.3) is 0 Å². The number of hydrogen-bond acceptors (Lipinski definition) is 6.